The minimum atomic E-state index is 0.711. The standard InChI is InChI=1S/C21H34N4O/c1-4-22-21(24-14-17-10-12-25(15-17)19-6-7-19)23-11-9-18-13-16(2)5-8-20(18)26-3/h5,8,13,17,19H,4,6-7,9-12,14-15H2,1-3H3,(H2,22,23,24). The summed E-state index contributed by atoms with van der Waals surface area (Å²) in [6.07, 6.45) is 5.03. The van der Waals surface area contributed by atoms with Gasteiger partial charge in [-0.05, 0) is 63.6 Å². The Morgan fingerprint density at radius 2 is 2.12 bits per heavy atom. The van der Waals surface area contributed by atoms with Gasteiger partial charge in [0.25, 0.3) is 0 Å². The Balaban J connectivity index is 1.48. The van der Waals surface area contributed by atoms with Crippen molar-refractivity contribution in [2.24, 2.45) is 10.9 Å². The Hall–Kier alpha value is -1.75. The van der Waals surface area contributed by atoms with E-state index in [9.17, 15) is 0 Å². The van der Waals surface area contributed by atoms with Crippen LogP contribution in [-0.4, -0.2) is 56.7 Å². The van der Waals surface area contributed by atoms with E-state index in [1.165, 1.54) is 43.5 Å². The van der Waals surface area contributed by atoms with Crippen molar-refractivity contribution in [1.82, 2.24) is 15.5 Å². The van der Waals surface area contributed by atoms with Crippen molar-refractivity contribution >= 4 is 5.96 Å². The van der Waals surface area contributed by atoms with Crippen molar-refractivity contribution in [2.75, 3.05) is 39.8 Å². The van der Waals surface area contributed by atoms with E-state index in [1.54, 1.807) is 7.11 Å². The maximum Gasteiger partial charge on any atom is 0.191 e. The van der Waals surface area contributed by atoms with Gasteiger partial charge in [0.2, 0.25) is 0 Å². The number of nitrogens with zero attached hydrogens (tertiary/aromatic N) is 2. The van der Waals surface area contributed by atoms with Crippen LogP contribution in [-0.2, 0) is 6.42 Å². The number of rotatable bonds is 8. The highest BCUT2D eigenvalue weighted by molar-refractivity contribution is 5.79. The number of aliphatic imine (C=N–C) groups is 1. The first-order valence-electron chi connectivity index (χ1n) is 10.1. The van der Waals surface area contributed by atoms with Crippen molar-refractivity contribution in [3.63, 3.8) is 0 Å². The fourth-order valence-electron chi connectivity index (χ4n) is 3.76. The van der Waals surface area contributed by atoms with Gasteiger partial charge in [0.15, 0.2) is 5.96 Å². The predicted octanol–water partition coefficient (Wildman–Crippen LogP) is 2.59. The normalized spacial score (nSPS) is 21.0. The molecule has 0 amide bonds. The van der Waals surface area contributed by atoms with Gasteiger partial charge in [0.1, 0.15) is 5.75 Å². The van der Waals surface area contributed by atoms with Crippen molar-refractivity contribution in [2.45, 2.75) is 45.6 Å². The summed E-state index contributed by atoms with van der Waals surface area (Å²) in [5.74, 6) is 2.61. The molecule has 0 radical (unpaired) electrons. The molecule has 2 N–H and O–H groups in total. The summed E-state index contributed by atoms with van der Waals surface area (Å²) in [5.41, 5.74) is 2.51. The van der Waals surface area contributed by atoms with Crippen LogP contribution < -0.4 is 15.4 Å². The van der Waals surface area contributed by atoms with Crippen LogP contribution in [0.25, 0.3) is 0 Å². The Bertz CT molecular complexity index is 612. The average Bonchev–Trinajstić information content (AvgIpc) is 3.38. The van der Waals surface area contributed by atoms with Gasteiger partial charge in [0, 0.05) is 32.2 Å². The lowest BCUT2D eigenvalue weighted by Gasteiger charge is -2.15. The van der Waals surface area contributed by atoms with Crippen molar-refractivity contribution in [1.29, 1.82) is 0 Å². The minimum absolute atomic E-state index is 0.711. The number of likely N-dealkylation sites (tertiary alicyclic amines) is 1. The lowest BCUT2D eigenvalue weighted by atomic mass is 10.1. The number of nitrogens with one attached hydrogen (secondary N) is 2. The predicted molar refractivity (Wildman–Crippen MR) is 108 cm³/mol. The summed E-state index contributed by atoms with van der Waals surface area (Å²) >= 11 is 0. The third-order valence-electron chi connectivity index (χ3n) is 5.36. The van der Waals surface area contributed by atoms with Crippen molar-refractivity contribution in [3.8, 4) is 5.75 Å². The second kappa shape index (κ2) is 9.26. The van der Waals surface area contributed by atoms with Crippen LogP contribution in [0.4, 0.5) is 0 Å². The number of ether oxygens (including phenoxy) is 1. The molecule has 1 unspecified atom stereocenters. The summed E-state index contributed by atoms with van der Waals surface area (Å²) in [7, 11) is 1.74. The van der Waals surface area contributed by atoms with Gasteiger partial charge in [-0.25, -0.2) is 0 Å². The maximum atomic E-state index is 5.48. The van der Waals surface area contributed by atoms with E-state index in [0.29, 0.717) is 5.92 Å². The van der Waals surface area contributed by atoms with E-state index in [2.05, 4.69) is 47.6 Å². The van der Waals surface area contributed by atoms with Crippen LogP contribution in [0, 0.1) is 12.8 Å². The van der Waals surface area contributed by atoms with Crippen LogP contribution in [0.1, 0.15) is 37.3 Å². The topological polar surface area (TPSA) is 48.9 Å². The largest absolute Gasteiger partial charge is 0.496 e. The van der Waals surface area contributed by atoms with E-state index >= 15 is 0 Å². The number of aryl methyl sites for hydroxylation is 1. The first-order chi connectivity index (χ1) is 12.7. The number of hydrogen-bond acceptors (Lipinski definition) is 3. The highest BCUT2D eigenvalue weighted by Gasteiger charge is 2.34. The molecule has 0 spiro atoms. The van der Waals surface area contributed by atoms with Crippen LogP contribution >= 0.6 is 0 Å². The molecule has 1 aliphatic heterocycles. The molecule has 26 heavy (non-hydrogen) atoms. The van der Waals surface area contributed by atoms with Gasteiger partial charge in [-0.2, -0.15) is 0 Å². The third-order valence-corrected chi connectivity index (χ3v) is 5.36. The molecule has 2 aliphatic rings. The summed E-state index contributed by atoms with van der Waals surface area (Å²) < 4.78 is 5.48. The monoisotopic (exact) mass is 358 g/mol. The first kappa shape index (κ1) is 19.0. The molecule has 2 fully saturated rings. The van der Waals surface area contributed by atoms with Gasteiger partial charge in [0.05, 0.1) is 7.11 Å². The molecule has 1 saturated heterocycles. The fourth-order valence-corrected chi connectivity index (χ4v) is 3.76. The first-order valence-corrected chi connectivity index (χ1v) is 10.1. The molecule has 1 aliphatic carbocycles. The molecular weight excluding hydrogens is 324 g/mol. The molecule has 0 bridgehead atoms. The maximum absolute atomic E-state index is 5.48. The van der Waals surface area contributed by atoms with Crippen LogP contribution in [0.2, 0.25) is 0 Å². The zero-order chi connectivity index (χ0) is 18.4. The van der Waals surface area contributed by atoms with E-state index in [4.69, 9.17) is 9.73 Å². The zero-order valence-electron chi connectivity index (χ0n) is 16.6. The highest BCUT2D eigenvalue weighted by Crippen LogP contribution is 2.31. The quantitative estimate of drug-likeness (QED) is 0.554. The Labute approximate surface area is 158 Å². The Morgan fingerprint density at radius 1 is 1.27 bits per heavy atom. The van der Waals surface area contributed by atoms with Crippen LogP contribution in [0.15, 0.2) is 23.2 Å². The molecule has 144 valence electrons. The fraction of sp³-hybridized carbons (Fsp3) is 0.667. The highest BCUT2D eigenvalue weighted by atomic mass is 16.5. The minimum Gasteiger partial charge on any atom is -0.496 e. The van der Waals surface area contributed by atoms with E-state index < -0.39 is 0 Å². The molecule has 5 nitrogen and oxygen atoms in total. The molecule has 1 atom stereocenters. The summed E-state index contributed by atoms with van der Waals surface area (Å²) in [6, 6.07) is 7.23. The second-order valence-corrected chi connectivity index (χ2v) is 7.59. The number of methoxy groups -OCH3 is 1. The lowest BCUT2D eigenvalue weighted by molar-refractivity contribution is 0.315. The molecule has 3 rings (SSSR count). The Kier molecular flexibility index (Phi) is 6.78. The summed E-state index contributed by atoms with van der Waals surface area (Å²) in [4.78, 5) is 7.49. The average molecular weight is 359 g/mol. The van der Waals surface area contributed by atoms with Gasteiger partial charge >= 0.3 is 0 Å². The number of benzene rings is 1. The summed E-state index contributed by atoms with van der Waals surface area (Å²) in [5, 5.41) is 6.85. The zero-order valence-corrected chi connectivity index (χ0v) is 16.6. The van der Waals surface area contributed by atoms with E-state index in [1.807, 2.05) is 0 Å². The molecule has 0 aromatic heterocycles. The second-order valence-electron chi connectivity index (χ2n) is 7.59. The lowest BCUT2D eigenvalue weighted by Crippen LogP contribution is -2.38. The molecule has 5 heteroatoms. The molecular formula is C21H34N4O. The molecule has 1 aromatic carbocycles. The molecule has 1 saturated carbocycles. The number of hydrogen-bond donors (Lipinski definition) is 2. The van der Waals surface area contributed by atoms with E-state index in [-0.39, 0.29) is 0 Å². The van der Waals surface area contributed by atoms with Crippen LogP contribution in [0.3, 0.4) is 0 Å². The molecule has 1 aromatic rings. The SMILES string of the molecule is CCNC(=NCC1CCN(C2CC2)C1)NCCc1cc(C)ccc1OC. The van der Waals surface area contributed by atoms with Gasteiger partial charge in [-0.3, -0.25) is 4.99 Å². The van der Waals surface area contributed by atoms with Crippen LogP contribution in [0.5, 0.6) is 5.75 Å². The van der Waals surface area contributed by atoms with Gasteiger partial charge in [-0.15, -0.1) is 0 Å². The number of guanidine groups is 1. The van der Waals surface area contributed by atoms with Crippen molar-refractivity contribution in [3.05, 3.63) is 29.3 Å². The summed E-state index contributed by atoms with van der Waals surface area (Å²) in [6.45, 7) is 9.39. The van der Waals surface area contributed by atoms with Crippen molar-refractivity contribution < 1.29 is 4.74 Å². The smallest absolute Gasteiger partial charge is 0.191 e. The van der Waals surface area contributed by atoms with Gasteiger partial charge < -0.3 is 20.3 Å². The third kappa shape index (κ3) is 5.37. The molecule has 1 heterocycles. The Morgan fingerprint density at radius 3 is 2.85 bits per heavy atom. The van der Waals surface area contributed by atoms with E-state index in [0.717, 1.165) is 43.8 Å². The van der Waals surface area contributed by atoms with Gasteiger partial charge in [-0.1, -0.05) is 17.7 Å².